The molecule has 0 heterocycles. The summed E-state index contributed by atoms with van der Waals surface area (Å²) in [5, 5.41) is 20.6. The largest absolute Gasteiger partial charge is 0.481 e. The van der Waals surface area contributed by atoms with Gasteiger partial charge in [-0.15, -0.1) is 0 Å². The predicted molar refractivity (Wildman–Crippen MR) is 143 cm³/mol. The van der Waals surface area contributed by atoms with Crippen LogP contribution in [0, 0.1) is 40.9 Å². The summed E-state index contributed by atoms with van der Waals surface area (Å²) in [6, 6.07) is 0. The molecule has 0 aromatic carbocycles. The van der Waals surface area contributed by atoms with Gasteiger partial charge in [0.2, 0.25) is 0 Å². The molecular weight excluding hydrogens is 436 g/mol. The second-order valence-electron chi connectivity index (χ2n) is 13.4. The molecule has 3 rings (SSSR count). The van der Waals surface area contributed by atoms with Crippen LogP contribution in [0.25, 0.3) is 0 Å². The number of hydrogen-bond acceptors (Lipinski definition) is 3. The van der Waals surface area contributed by atoms with Gasteiger partial charge in [0.05, 0.1) is 17.1 Å². The maximum atomic E-state index is 11.4. The standard InChI is InChI=1S/C31H54O4/c1-30(2,29(33)34)20-8-15-25-12-7-13-26(28(25)32)19-18-23-11-6-10-22(27(23)24-16-17-24)14-9-21-31(3,4)35-5/h18-19,22-28,32H,6-17,20-21H2,1-5H3,(H,33,34)/b19-18-. The third-order valence-electron chi connectivity index (χ3n) is 9.82. The molecule has 3 fully saturated rings. The van der Waals surface area contributed by atoms with Crippen LogP contribution in [0.15, 0.2) is 12.2 Å². The van der Waals surface area contributed by atoms with Crippen molar-refractivity contribution in [2.45, 2.75) is 129 Å². The molecule has 3 aliphatic carbocycles. The molecule has 0 radical (unpaired) electrons. The van der Waals surface area contributed by atoms with Crippen molar-refractivity contribution in [3.05, 3.63) is 12.2 Å². The first-order chi connectivity index (χ1) is 16.5. The first-order valence-corrected chi connectivity index (χ1v) is 14.7. The molecule has 4 heteroatoms. The highest BCUT2D eigenvalue weighted by Crippen LogP contribution is 2.51. The number of carboxylic acids is 1. The van der Waals surface area contributed by atoms with E-state index in [0.29, 0.717) is 18.3 Å². The van der Waals surface area contributed by atoms with Gasteiger partial charge in [0.15, 0.2) is 0 Å². The first-order valence-electron chi connectivity index (χ1n) is 14.7. The zero-order chi connectivity index (χ0) is 25.6. The Morgan fingerprint density at radius 3 is 2.06 bits per heavy atom. The zero-order valence-corrected chi connectivity index (χ0v) is 23.3. The highest BCUT2D eigenvalue weighted by Gasteiger charge is 2.42. The SMILES string of the molecule is COC(C)(C)CCCC1CCCC(/C=C\C2CCCC(CCCC(C)(C)C(=O)O)C2O)C1C1CC1. The zero-order valence-electron chi connectivity index (χ0n) is 23.3. The van der Waals surface area contributed by atoms with Gasteiger partial charge in [-0.2, -0.15) is 0 Å². The average molecular weight is 491 g/mol. The molecule has 3 saturated carbocycles. The summed E-state index contributed by atoms with van der Waals surface area (Å²) >= 11 is 0. The fourth-order valence-corrected chi connectivity index (χ4v) is 7.05. The minimum atomic E-state index is -0.721. The molecule has 35 heavy (non-hydrogen) atoms. The minimum absolute atomic E-state index is 0.0138. The second-order valence-corrected chi connectivity index (χ2v) is 13.4. The van der Waals surface area contributed by atoms with Crippen molar-refractivity contribution in [2.75, 3.05) is 7.11 Å². The van der Waals surface area contributed by atoms with Gasteiger partial charge in [-0.25, -0.2) is 0 Å². The molecule has 6 atom stereocenters. The van der Waals surface area contributed by atoms with E-state index in [4.69, 9.17) is 4.74 Å². The van der Waals surface area contributed by atoms with Gasteiger partial charge in [-0.05, 0) is 109 Å². The maximum Gasteiger partial charge on any atom is 0.309 e. The van der Waals surface area contributed by atoms with Crippen molar-refractivity contribution in [3.8, 4) is 0 Å². The number of aliphatic hydroxyl groups is 1. The topological polar surface area (TPSA) is 66.8 Å². The number of rotatable bonds is 13. The van der Waals surface area contributed by atoms with Gasteiger partial charge in [-0.3, -0.25) is 4.79 Å². The van der Waals surface area contributed by atoms with Crippen LogP contribution in [0.5, 0.6) is 0 Å². The lowest BCUT2D eigenvalue weighted by Gasteiger charge is -2.39. The molecule has 6 unspecified atom stereocenters. The van der Waals surface area contributed by atoms with Crippen molar-refractivity contribution in [1.82, 2.24) is 0 Å². The molecule has 0 amide bonds. The molecule has 0 aromatic rings. The summed E-state index contributed by atoms with van der Waals surface area (Å²) in [7, 11) is 1.83. The predicted octanol–water partition coefficient (Wildman–Crippen LogP) is 7.64. The number of aliphatic hydroxyl groups excluding tert-OH is 1. The van der Waals surface area contributed by atoms with Crippen LogP contribution in [-0.2, 0) is 9.53 Å². The van der Waals surface area contributed by atoms with E-state index in [1.807, 2.05) is 21.0 Å². The monoisotopic (exact) mass is 490 g/mol. The van der Waals surface area contributed by atoms with E-state index in [2.05, 4.69) is 26.0 Å². The normalized spacial score (nSPS) is 32.7. The number of hydrogen-bond donors (Lipinski definition) is 2. The fourth-order valence-electron chi connectivity index (χ4n) is 7.05. The lowest BCUT2D eigenvalue weighted by atomic mass is 9.67. The Morgan fingerprint density at radius 1 is 0.857 bits per heavy atom. The maximum absolute atomic E-state index is 11.4. The Kier molecular flexibility index (Phi) is 10.3. The first kappa shape index (κ1) is 28.7. The Labute approximate surface area is 215 Å². The second kappa shape index (κ2) is 12.6. The number of ether oxygens (including phenoxy) is 1. The summed E-state index contributed by atoms with van der Waals surface area (Å²) in [6.07, 6.45) is 21.1. The van der Waals surface area contributed by atoms with Crippen LogP contribution in [0.4, 0.5) is 0 Å². The fraction of sp³-hybridized carbons (Fsp3) is 0.903. The summed E-state index contributed by atoms with van der Waals surface area (Å²) in [5.74, 6) is 3.14. The van der Waals surface area contributed by atoms with Gasteiger partial charge in [-0.1, -0.05) is 50.7 Å². The van der Waals surface area contributed by atoms with E-state index in [1.54, 1.807) is 0 Å². The van der Waals surface area contributed by atoms with E-state index in [0.717, 1.165) is 49.9 Å². The van der Waals surface area contributed by atoms with E-state index >= 15 is 0 Å². The summed E-state index contributed by atoms with van der Waals surface area (Å²) in [4.78, 5) is 11.4. The van der Waals surface area contributed by atoms with Crippen molar-refractivity contribution in [3.63, 3.8) is 0 Å². The lowest BCUT2D eigenvalue weighted by Crippen LogP contribution is -2.33. The summed E-state index contributed by atoms with van der Waals surface area (Å²) < 4.78 is 5.65. The molecule has 202 valence electrons. The van der Waals surface area contributed by atoms with Crippen molar-refractivity contribution < 1.29 is 19.7 Å². The lowest BCUT2D eigenvalue weighted by molar-refractivity contribution is -0.147. The minimum Gasteiger partial charge on any atom is -0.481 e. The van der Waals surface area contributed by atoms with Crippen LogP contribution >= 0.6 is 0 Å². The Balaban J connectivity index is 1.54. The van der Waals surface area contributed by atoms with Crippen LogP contribution in [0.2, 0.25) is 0 Å². The van der Waals surface area contributed by atoms with Crippen LogP contribution < -0.4 is 0 Å². The van der Waals surface area contributed by atoms with Gasteiger partial charge in [0.1, 0.15) is 0 Å². The van der Waals surface area contributed by atoms with E-state index in [9.17, 15) is 15.0 Å². The van der Waals surface area contributed by atoms with Gasteiger partial charge in [0, 0.05) is 13.0 Å². The van der Waals surface area contributed by atoms with Crippen molar-refractivity contribution in [1.29, 1.82) is 0 Å². The molecule has 0 aromatic heterocycles. The highest BCUT2D eigenvalue weighted by atomic mass is 16.5. The molecule has 4 nitrogen and oxygen atoms in total. The van der Waals surface area contributed by atoms with E-state index < -0.39 is 11.4 Å². The number of aliphatic carboxylic acids is 1. The Morgan fingerprint density at radius 2 is 1.43 bits per heavy atom. The smallest absolute Gasteiger partial charge is 0.309 e. The molecular formula is C31H54O4. The van der Waals surface area contributed by atoms with Gasteiger partial charge >= 0.3 is 5.97 Å². The van der Waals surface area contributed by atoms with Gasteiger partial charge < -0.3 is 14.9 Å². The van der Waals surface area contributed by atoms with Crippen LogP contribution in [-0.4, -0.2) is 35.0 Å². The molecule has 0 bridgehead atoms. The van der Waals surface area contributed by atoms with Crippen LogP contribution in [0.3, 0.4) is 0 Å². The van der Waals surface area contributed by atoms with E-state index in [-0.39, 0.29) is 17.6 Å². The quantitative estimate of drug-likeness (QED) is 0.260. The summed E-state index contributed by atoms with van der Waals surface area (Å²) in [5.41, 5.74) is -0.687. The number of carboxylic acid groups (broad SMARTS) is 1. The van der Waals surface area contributed by atoms with Crippen LogP contribution in [0.1, 0.15) is 118 Å². The molecule has 0 spiro atoms. The number of methoxy groups -OCH3 is 1. The summed E-state index contributed by atoms with van der Waals surface area (Å²) in [6.45, 7) is 8.02. The molecule has 2 N–H and O–H groups in total. The van der Waals surface area contributed by atoms with Crippen molar-refractivity contribution >= 4 is 5.97 Å². The van der Waals surface area contributed by atoms with Crippen molar-refractivity contribution in [2.24, 2.45) is 40.9 Å². The van der Waals surface area contributed by atoms with E-state index in [1.165, 1.54) is 51.4 Å². The molecule has 0 aliphatic heterocycles. The molecule has 0 saturated heterocycles. The van der Waals surface area contributed by atoms with Gasteiger partial charge in [0.25, 0.3) is 0 Å². The average Bonchev–Trinajstić information content (AvgIpc) is 3.64. The molecule has 3 aliphatic rings. The third kappa shape index (κ3) is 8.32. The third-order valence-corrected chi connectivity index (χ3v) is 9.82. The Hall–Kier alpha value is -0.870. The number of allylic oxidation sites excluding steroid dienone is 1. The number of carbonyl (C=O) groups is 1. The highest BCUT2D eigenvalue weighted by molar-refractivity contribution is 5.73. The Bertz CT molecular complexity index is 692.